The maximum absolute atomic E-state index is 13.3. The van der Waals surface area contributed by atoms with E-state index in [1.54, 1.807) is 42.5 Å². The zero-order chi connectivity index (χ0) is 24.7. The maximum atomic E-state index is 13.3. The van der Waals surface area contributed by atoms with Gasteiger partial charge in [-0.1, -0.05) is 53.6 Å². The lowest BCUT2D eigenvalue weighted by Gasteiger charge is -2.23. The predicted octanol–water partition coefficient (Wildman–Crippen LogP) is 4.83. The zero-order valence-corrected chi connectivity index (χ0v) is 20.0. The van der Waals surface area contributed by atoms with E-state index < -0.39 is 28.5 Å². The normalized spacial score (nSPS) is 10.9. The molecule has 1 N–H and O–H groups in total. The first-order valence-corrected chi connectivity index (χ1v) is 12.1. The first kappa shape index (κ1) is 25.0. The number of ether oxygens (including phenoxy) is 1. The number of anilines is 2. The van der Waals surface area contributed by atoms with Gasteiger partial charge in [0.2, 0.25) is 0 Å². The smallest absolute Gasteiger partial charge is 0.340 e. The Balaban J connectivity index is 1.78. The fourth-order valence-electron chi connectivity index (χ4n) is 3.05. The van der Waals surface area contributed by atoms with Crippen LogP contribution in [0.5, 0.6) is 0 Å². The van der Waals surface area contributed by atoms with Gasteiger partial charge < -0.3 is 10.1 Å². The van der Waals surface area contributed by atoms with E-state index in [-0.39, 0.29) is 22.0 Å². The molecule has 176 valence electrons. The molecular formula is C25H23ClN2O5S. The number of rotatable bonds is 9. The average Bonchev–Trinajstić information content (AvgIpc) is 2.83. The molecule has 0 unspecified atom stereocenters. The van der Waals surface area contributed by atoms with Crippen molar-refractivity contribution in [2.24, 2.45) is 0 Å². The van der Waals surface area contributed by atoms with Gasteiger partial charge in [0, 0.05) is 5.69 Å². The van der Waals surface area contributed by atoms with E-state index in [1.807, 2.05) is 19.1 Å². The molecule has 9 heteroatoms. The summed E-state index contributed by atoms with van der Waals surface area (Å²) in [7, 11) is -4.05. The van der Waals surface area contributed by atoms with E-state index >= 15 is 0 Å². The number of benzene rings is 3. The summed E-state index contributed by atoms with van der Waals surface area (Å²) >= 11 is 6.13. The molecule has 1 amide bonds. The molecule has 0 saturated heterocycles. The van der Waals surface area contributed by atoms with E-state index in [4.69, 9.17) is 16.3 Å². The van der Waals surface area contributed by atoms with E-state index in [1.165, 1.54) is 18.2 Å². The second-order valence-electron chi connectivity index (χ2n) is 7.29. The van der Waals surface area contributed by atoms with Gasteiger partial charge in [0.25, 0.3) is 15.9 Å². The number of amides is 1. The van der Waals surface area contributed by atoms with Crippen molar-refractivity contribution in [3.63, 3.8) is 0 Å². The summed E-state index contributed by atoms with van der Waals surface area (Å²) in [5, 5.41) is 2.61. The van der Waals surface area contributed by atoms with E-state index in [2.05, 4.69) is 11.9 Å². The zero-order valence-electron chi connectivity index (χ0n) is 18.4. The van der Waals surface area contributed by atoms with E-state index in [0.29, 0.717) is 11.4 Å². The number of halogens is 1. The molecule has 0 aliphatic heterocycles. The molecule has 0 atom stereocenters. The van der Waals surface area contributed by atoms with Crippen LogP contribution in [0.1, 0.15) is 15.9 Å². The fourth-order valence-corrected chi connectivity index (χ4v) is 4.70. The van der Waals surface area contributed by atoms with Crippen molar-refractivity contribution in [1.29, 1.82) is 0 Å². The Kier molecular flexibility index (Phi) is 8.09. The van der Waals surface area contributed by atoms with E-state index in [9.17, 15) is 18.0 Å². The summed E-state index contributed by atoms with van der Waals surface area (Å²) in [6.07, 6.45) is 1.46. The van der Waals surface area contributed by atoms with Crippen LogP contribution in [-0.4, -0.2) is 33.4 Å². The van der Waals surface area contributed by atoms with Crippen molar-refractivity contribution in [2.45, 2.75) is 11.8 Å². The molecule has 0 aliphatic carbocycles. The van der Waals surface area contributed by atoms with Gasteiger partial charge in [0.15, 0.2) is 6.61 Å². The highest BCUT2D eigenvalue weighted by Gasteiger charge is 2.26. The quantitative estimate of drug-likeness (QED) is 0.337. The Labute approximate surface area is 203 Å². The molecule has 0 radical (unpaired) electrons. The lowest BCUT2D eigenvalue weighted by atomic mass is 10.2. The molecule has 0 spiro atoms. The third kappa shape index (κ3) is 6.03. The highest BCUT2D eigenvalue weighted by Crippen LogP contribution is 2.27. The van der Waals surface area contributed by atoms with Gasteiger partial charge in [-0.15, -0.1) is 6.58 Å². The summed E-state index contributed by atoms with van der Waals surface area (Å²) in [5.41, 5.74) is 1.86. The number of carbonyl (C=O) groups is 2. The molecular weight excluding hydrogens is 476 g/mol. The highest BCUT2D eigenvalue weighted by atomic mass is 35.5. The molecule has 7 nitrogen and oxygen atoms in total. The van der Waals surface area contributed by atoms with Crippen molar-refractivity contribution in [2.75, 3.05) is 22.8 Å². The second-order valence-corrected chi connectivity index (χ2v) is 9.56. The molecule has 0 aromatic heterocycles. The van der Waals surface area contributed by atoms with Crippen LogP contribution >= 0.6 is 11.6 Å². The molecule has 0 saturated carbocycles. The molecule has 0 aliphatic rings. The molecule has 0 fully saturated rings. The van der Waals surface area contributed by atoms with Crippen molar-refractivity contribution in [3.8, 4) is 0 Å². The third-order valence-electron chi connectivity index (χ3n) is 4.75. The van der Waals surface area contributed by atoms with Gasteiger partial charge in [0.05, 0.1) is 27.7 Å². The molecule has 3 aromatic carbocycles. The standard InChI is InChI=1S/C25H23ClN2O5S/c1-3-15-28(20-7-5-4-6-8-20)34(31,32)21-13-14-23(26)22(16-21)25(30)33-17-24(29)27-19-11-9-18(2)10-12-19/h3-14,16H,1,15,17H2,2H3,(H,27,29). The molecule has 0 heterocycles. The molecule has 0 bridgehead atoms. The van der Waals surface area contributed by atoms with Crippen LogP contribution in [0.2, 0.25) is 5.02 Å². The SMILES string of the molecule is C=CCN(c1ccccc1)S(=O)(=O)c1ccc(Cl)c(C(=O)OCC(=O)Nc2ccc(C)cc2)c1. The van der Waals surface area contributed by atoms with Crippen LogP contribution < -0.4 is 9.62 Å². The summed E-state index contributed by atoms with van der Waals surface area (Å²) in [6, 6.07) is 19.4. The molecule has 34 heavy (non-hydrogen) atoms. The molecule has 3 rings (SSSR count). The van der Waals surface area contributed by atoms with Gasteiger partial charge in [-0.05, 0) is 49.4 Å². The van der Waals surface area contributed by atoms with Gasteiger partial charge in [0.1, 0.15) is 0 Å². The van der Waals surface area contributed by atoms with Crippen molar-refractivity contribution >= 4 is 44.9 Å². The minimum Gasteiger partial charge on any atom is -0.452 e. The Hall–Kier alpha value is -3.62. The first-order valence-electron chi connectivity index (χ1n) is 10.2. The van der Waals surface area contributed by atoms with Crippen LogP contribution in [0, 0.1) is 6.92 Å². The lowest BCUT2D eigenvalue weighted by Crippen LogP contribution is -2.31. The fraction of sp³-hybridized carbons (Fsp3) is 0.120. The van der Waals surface area contributed by atoms with E-state index in [0.717, 1.165) is 15.9 Å². The number of nitrogens with zero attached hydrogens (tertiary/aromatic N) is 1. The van der Waals surface area contributed by atoms with Crippen LogP contribution in [0.3, 0.4) is 0 Å². The van der Waals surface area contributed by atoms with Gasteiger partial charge in [-0.3, -0.25) is 9.10 Å². The lowest BCUT2D eigenvalue weighted by molar-refractivity contribution is -0.119. The van der Waals surface area contributed by atoms with Gasteiger partial charge in [-0.2, -0.15) is 0 Å². The summed E-state index contributed by atoms with van der Waals surface area (Å²) in [4.78, 5) is 24.6. The Morgan fingerprint density at radius 2 is 1.74 bits per heavy atom. The van der Waals surface area contributed by atoms with Gasteiger partial charge in [-0.25, -0.2) is 13.2 Å². The topological polar surface area (TPSA) is 92.8 Å². The number of esters is 1. The monoisotopic (exact) mass is 498 g/mol. The van der Waals surface area contributed by atoms with Crippen molar-refractivity contribution < 1.29 is 22.7 Å². The highest BCUT2D eigenvalue weighted by molar-refractivity contribution is 7.92. The van der Waals surface area contributed by atoms with Crippen molar-refractivity contribution in [1.82, 2.24) is 0 Å². The first-order chi connectivity index (χ1) is 16.2. The number of sulfonamides is 1. The average molecular weight is 499 g/mol. The van der Waals surface area contributed by atoms with Crippen LogP contribution in [0.15, 0.2) is 90.3 Å². The molecule has 3 aromatic rings. The van der Waals surface area contributed by atoms with Gasteiger partial charge >= 0.3 is 5.97 Å². The number of aryl methyl sites for hydroxylation is 1. The predicted molar refractivity (Wildman–Crippen MR) is 133 cm³/mol. The van der Waals surface area contributed by atoms with Crippen molar-refractivity contribution in [3.05, 3.63) is 102 Å². The Bertz CT molecular complexity index is 1290. The number of carbonyl (C=O) groups excluding carboxylic acids is 2. The second kappa shape index (κ2) is 11.0. The van der Waals surface area contributed by atoms with Crippen LogP contribution in [0.25, 0.3) is 0 Å². The number of para-hydroxylation sites is 1. The number of hydrogen-bond donors (Lipinski definition) is 1. The maximum Gasteiger partial charge on any atom is 0.340 e. The Morgan fingerprint density at radius 3 is 2.38 bits per heavy atom. The minimum absolute atomic E-state index is 0.00197. The van der Waals surface area contributed by atoms with Crippen LogP contribution in [0.4, 0.5) is 11.4 Å². The summed E-state index contributed by atoms with van der Waals surface area (Å²) < 4.78 is 32.9. The van der Waals surface area contributed by atoms with Crippen LogP contribution in [-0.2, 0) is 19.6 Å². The summed E-state index contributed by atoms with van der Waals surface area (Å²) in [5.74, 6) is -1.46. The summed E-state index contributed by atoms with van der Waals surface area (Å²) in [6.45, 7) is 5.01. The Morgan fingerprint density at radius 1 is 1.06 bits per heavy atom. The third-order valence-corrected chi connectivity index (χ3v) is 6.87. The largest absolute Gasteiger partial charge is 0.452 e. The number of hydrogen-bond acceptors (Lipinski definition) is 5. The number of nitrogens with one attached hydrogen (secondary N) is 1. The minimum atomic E-state index is -4.05.